The molecular formula is C29H31N7O3. The van der Waals surface area contributed by atoms with Gasteiger partial charge in [-0.1, -0.05) is 24.3 Å². The molecule has 2 fully saturated rings. The number of nitrogens with zero attached hydrogens (tertiary/aromatic N) is 5. The fraction of sp³-hybridized carbons (Fsp3) is 0.310. The van der Waals surface area contributed by atoms with Crippen LogP contribution in [-0.4, -0.2) is 74.6 Å². The Morgan fingerprint density at radius 1 is 1.05 bits per heavy atom. The first kappa shape index (κ1) is 24.9. The first-order chi connectivity index (χ1) is 19.1. The summed E-state index contributed by atoms with van der Waals surface area (Å²) in [6, 6.07) is 17.7. The van der Waals surface area contributed by atoms with Crippen LogP contribution in [0.15, 0.2) is 73.1 Å². The van der Waals surface area contributed by atoms with Gasteiger partial charge in [-0.3, -0.25) is 14.8 Å². The summed E-state index contributed by atoms with van der Waals surface area (Å²) >= 11 is 0. The third-order valence-corrected chi connectivity index (χ3v) is 7.00. The second kappa shape index (κ2) is 11.1. The quantitative estimate of drug-likeness (QED) is 0.289. The van der Waals surface area contributed by atoms with Gasteiger partial charge in [-0.2, -0.15) is 5.10 Å². The molecule has 2 aromatic heterocycles. The molecule has 0 bridgehead atoms. The Morgan fingerprint density at radius 3 is 2.56 bits per heavy atom. The number of hydrogen-bond acceptors (Lipinski definition) is 8. The number of anilines is 1. The Hall–Kier alpha value is -4.44. The third-order valence-electron chi connectivity index (χ3n) is 7.00. The molecule has 0 spiro atoms. The van der Waals surface area contributed by atoms with Crippen molar-refractivity contribution in [2.45, 2.75) is 31.3 Å². The van der Waals surface area contributed by atoms with Crippen LogP contribution < -0.4 is 14.8 Å². The monoisotopic (exact) mass is 525 g/mol. The van der Waals surface area contributed by atoms with Crippen LogP contribution >= 0.6 is 0 Å². The molecule has 0 radical (unpaired) electrons. The zero-order valence-electron chi connectivity index (χ0n) is 21.8. The van der Waals surface area contributed by atoms with Crippen molar-refractivity contribution in [2.24, 2.45) is 0 Å². The summed E-state index contributed by atoms with van der Waals surface area (Å²) < 4.78 is 12.0. The minimum absolute atomic E-state index is 0.0439. The number of ether oxygens (including phenoxy) is 2. The van der Waals surface area contributed by atoms with Gasteiger partial charge in [-0.25, -0.2) is 9.97 Å². The smallest absolute Gasteiger partial charge is 0.246 e. The molecule has 2 aromatic carbocycles. The summed E-state index contributed by atoms with van der Waals surface area (Å²) in [6.07, 6.45) is 8.43. The van der Waals surface area contributed by atoms with E-state index < -0.39 is 0 Å². The second-order valence-electron chi connectivity index (χ2n) is 9.95. The number of carbonyl (C=O) groups excluding carboxylic acids is 1. The van der Waals surface area contributed by atoms with Crippen molar-refractivity contribution >= 4 is 22.8 Å². The van der Waals surface area contributed by atoms with Crippen LogP contribution in [0.4, 0.5) is 5.82 Å². The average molecular weight is 526 g/mol. The van der Waals surface area contributed by atoms with Crippen molar-refractivity contribution in [3.05, 3.63) is 73.1 Å². The molecule has 1 aliphatic carbocycles. The molecule has 1 amide bonds. The largest absolute Gasteiger partial charge is 0.457 e. The first-order valence-corrected chi connectivity index (χ1v) is 13.2. The van der Waals surface area contributed by atoms with Gasteiger partial charge in [0.25, 0.3) is 0 Å². The molecule has 10 heteroatoms. The molecule has 1 aliphatic heterocycles. The molecule has 1 saturated carbocycles. The molecule has 1 saturated heterocycles. The van der Waals surface area contributed by atoms with Gasteiger partial charge >= 0.3 is 0 Å². The number of likely N-dealkylation sites (N-methyl/N-ethyl adjacent to an activating group) is 1. The van der Waals surface area contributed by atoms with Crippen LogP contribution in [0.5, 0.6) is 23.1 Å². The Kier molecular flexibility index (Phi) is 7.09. The lowest BCUT2D eigenvalue weighted by Gasteiger charge is -2.16. The lowest BCUT2D eigenvalue weighted by atomic mass is 10.2. The van der Waals surface area contributed by atoms with E-state index in [-0.39, 0.29) is 11.9 Å². The van der Waals surface area contributed by atoms with Gasteiger partial charge in [0.15, 0.2) is 11.5 Å². The molecule has 3 heterocycles. The van der Waals surface area contributed by atoms with Crippen molar-refractivity contribution in [2.75, 3.05) is 32.0 Å². The second-order valence-corrected chi connectivity index (χ2v) is 9.95. The van der Waals surface area contributed by atoms with Crippen LogP contribution in [0.1, 0.15) is 19.3 Å². The lowest BCUT2D eigenvalue weighted by molar-refractivity contribution is -0.125. The highest BCUT2D eigenvalue weighted by atomic mass is 16.5. The molecule has 4 aromatic rings. The predicted molar refractivity (Wildman–Crippen MR) is 148 cm³/mol. The number of benzene rings is 2. The topological polar surface area (TPSA) is 109 Å². The minimum atomic E-state index is 0.0439. The molecule has 2 N–H and O–H groups in total. The van der Waals surface area contributed by atoms with Crippen molar-refractivity contribution in [3.8, 4) is 23.1 Å². The van der Waals surface area contributed by atoms with Crippen molar-refractivity contribution in [1.82, 2.24) is 30.0 Å². The predicted octanol–water partition coefficient (Wildman–Crippen LogP) is 4.60. The van der Waals surface area contributed by atoms with Gasteiger partial charge in [0.05, 0.1) is 0 Å². The van der Waals surface area contributed by atoms with E-state index in [1.54, 1.807) is 6.08 Å². The molecule has 1 unspecified atom stereocenters. The Labute approximate surface area is 226 Å². The number of aromatic nitrogens is 4. The number of amides is 1. The van der Waals surface area contributed by atoms with E-state index in [1.807, 2.05) is 65.6 Å². The number of para-hydroxylation sites is 1. The fourth-order valence-electron chi connectivity index (χ4n) is 4.69. The van der Waals surface area contributed by atoms with Crippen molar-refractivity contribution in [3.63, 3.8) is 0 Å². The highest BCUT2D eigenvalue weighted by Gasteiger charge is 2.28. The first-order valence-electron chi connectivity index (χ1n) is 13.2. The highest BCUT2D eigenvalue weighted by molar-refractivity contribution is 5.92. The number of aromatic amines is 1. The standard InChI is InChI=1S/C29H31N7O3/c1-35(21-9-10-21)16-5-8-25(37)36-17-15-20(18-36)32-28-26-27(33-34-28)30-19-31-29(26)39-24-13-11-23(12-14-24)38-22-6-3-2-4-7-22/h2-8,11-14,19-21H,9-10,15-18H2,1H3,(H2,30,31,32,33,34)/b8-5+. The third kappa shape index (κ3) is 6.01. The number of nitrogens with one attached hydrogen (secondary N) is 2. The normalized spacial score (nSPS) is 17.3. The van der Waals surface area contributed by atoms with E-state index >= 15 is 0 Å². The van der Waals surface area contributed by atoms with Crippen LogP contribution in [-0.2, 0) is 4.79 Å². The SMILES string of the molecule is CN(C/C=C/C(=O)N1CCC(Nc2n[nH]c3ncnc(Oc4ccc(Oc5ccccc5)cc4)c23)C1)C1CC1. The van der Waals surface area contributed by atoms with E-state index in [0.29, 0.717) is 53.4 Å². The van der Waals surface area contributed by atoms with Crippen molar-refractivity contribution < 1.29 is 14.3 Å². The maximum absolute atomic E-state index is 12.7. The zero-order chi connectivity index (χ0) is 26.6. The summed E-state index contributed by atoms with van der Waals surface area (Å²) in [7, 11) is 2.10. The molecule has 1 atom stereocenters. The summed E-state index contributed by atoms with van der Waals surface area (Å²) in [5, 5.41) is 11.5. The van der Waals surface area contributed by atoms with E-state index in [4.69, 9.17) is 9.47 Å². The molecule has 6 rings (SSSR count). The Morgan fingerprint density at radius 2 is 1.79 bits per heavy atom. The summed E-state index contributed by atoms with van der Waals surface area (Å²) in [4.78, 5) is 25.5. The van der Waals surface area contributed by atoms with Gasteiger partial charge in [-0.05, 0) is 62.7 Å². The Bertz CT molecular complexity index is 1450. The van der Waals surface area contributed by atoms with Gasteiger partial charge in [0.1, 0.15) is 29.0 Å². The average Bonchev–Trinajstić information content (AvgIpc) is 3.57. The van der Waals surface area contributed by atoms with Crippen molar-refractivity contribution in [1.29, 1.82) is 0 Å². The van der Waals surface area contributed by atoms with E-state index in [0.717, 1.165) is 18.7 Å². The van der Waals surface area contributed by atoms with Gasteiger partial charge < -0.3 is 19.7 Å². The van der Waals surface area contributed by atoms with E-state index in [2.05, 4.69) is 37.4 Å². The maximum atomic E-state index is 12.7. The van der Waals surface area contributed by atoms with Gasteiger partial charge in [0.2, 0.25) is 11.8 Å². The number of H-pyrrole nitrogens is 1. The van der Waals surface area contributed by atoms with E-state index in [9.17, 15) is 4.79 Å². The number of hydrogen-bond donors (Lipinski definition) is 2. The van der Waals surface area contributed by atoms with Crippen LogP contribution in [0, 0.1) is 0 Å². The van der Waals surface area contributed by atoms with Crippen LogP contribution in [0.2, 0.25) is 0 Å². The molecular weight excluding hydrogens is 494 g/mol. The van der Waals surface area contributed by atoms with Gasteiger partial charge in [-0.15, -0.1) is 0 Å². The summed E-state index contributed by atoms with van der Waals surface area (Å²) in [5.74, 6) is 3.12. The van der Waals surface area contributed by atoms with E-state index in [1.165, 1.54) is 19.2 Å². The lowest BCUT2D eigenvalue weighted by Crippen LogP contribution is -2.30. The van der Waals surface area contributed by atoms with Crippen LogP contribution in [0.3, 0.4) is 0 Å². The molecule has 10 nitrogen and oxygen atoms in total. The zero-order valence-corrected chi connectivity index (χ0v) is 21.8. The summed E-state index contributed by atoms with van der Waals surface area (Å²) in [6.45, 7) is 2.10. The molecule has 39 heavy (non-hydrogen) atoms. The fourth-order valence-corrected chi connectivity index (χ4v) is 4.69. The highest BCUT2D eigenvalue weighted by Crippen LogP contribution is 2.33. The minimum Gasteiger partial charge on any atom is -0.457 e. The maximum Gasteiger partial charge on any atom is 0.246 e. The number of fused-ring (bicyclic) bond motifs is 1. The molecule has 200 valence electrons. The number of carbonyl (C=O) groups is 1. The van der Waals surface area contributed by atoms with Crippen LogP contribution in [0.25, 0.3) is 11.0 Å². The summed E-state index contributed by atoms with van der Waals surface area (Å²) in [5.41, 5.74) is 0.570. The Balaban J connectivity index is 1.09. The van der Waals surface area contributed by atoms with Gasteiger partial charge in [0, 0.05) is 37.8 Å². The number of likely N-dealkylation sites (tertiary alicyclic amines) is 1. The number of rotatable bonds is 10. The molecule has 2 aliphatic rings.